The summed E-state index contributed by atoms with van der Waals surface area (Å²) in [5.74, 6) is -1.98. The highest BCUT2D eigenvalue weighted by Gasteiger charge is 2.37. The predicted octanol–water partition coefficient (Wildman–Crippen LogP) is 0.300. The van der Waals surface area contributed by atoms with Gasteiger partial charge in [0, 0.05) is 18.8 Å². The molecule has 0 aromatic heterocycles. The quantitative estimate of drug-likeness (QED) is 0.815. The van der Waals surface area contributed by atoms with E-state index in [0.29, 0.717) is 12.1 Å². The molecule has 1 aromatic rings. The molecule has 0 saturated carbocycles. The molecule has 2 aliphatic heterocycles. The third-order valence-electron chi connectivity index (χ3n) is 4.37. The number of anilines is 1. The smallest absolute Gasteiger partial charge is 0.242 e. The van der Waals surface area contributed by atoms with Gasteiger partial charge in [-0.1, -0.05) is 18.2 Å². The molecule has 2 aliphatic rings. The van der Waals surface area contributed by atoms with E-state index in [-0.39, 0.29) is 18.4 Å². The Morgan fingerprint density at radius 2 is 1.86 bits per heavy atom. The second-order valence-electron chi connectivity index (χ2n) is 5.80. The largest absolute Gasteiger partial charge is 0.369 e. The molecule has 6 heteroatoms. The number of nitrogens with zero attached hydrogens (tertiary/aromatic N) is 2. The van der Waals surface area contributed by atoms with Gasteiger partial charge in [0.25, 0.3) is 0 Å². The van der Waals surface area contributed by atoms with Gasteiger partial charge in [-0.3, -0.25) is 14.4 Å². The molecule has 1 fully saturated rings. The van der Waals surface area contributed by atoms with E-state index >= 15 is 0 Å². The van der Waals surface area contributed by atoms with Gasteiger partial charge in [-0.15, -0.1) is 0 Å². The summed E-state index contributed by atoms with van der Waals surface area (Å²) < 4.78 is 0. The highest BCUT2D eigenvalue weighted by molar-refractivity contribution is 6.11. The molecule has 1 atom stereocenters. The van der Waals surface area contributed by atoms with E-state index in [1.54, 1.807) is 4.90 Å². The van der Waals surface area contributed by atoms with Crippen LogP contribution in [0, 0.1) is 5.92 Å². The van der Waals surface area contributed by atoms with Crippen molar-refractivity contribution in [2.75, 3.05) is 24.5 Å². The standard InChI is InChI=1S/C16H19N3O3/c17-15(21)12-9-11-5-1-2-6-13(11)19(16(12)22)10-14(20)18-7-3-4-8-18/h1-2,5-6,12H,3-4,7-10H2,(H2,17,21). The van der Waals surface area contributed by atoms with Crippen LogP contribution in [0.3, 0.4) is 0 Å². The second kappa shape index (κ2) is 5.79. The Labute approximate surface area is 128 Å². The zero-order valence-corrected chi connectivity index (χ0v) is 12.3. The van der Waals surface area contributed by atoms with Crippen LogP contribution in [0.2, 0.25) is 0 Å². The summed E-state index contributed by atoms with van der Waals surface area (Å²) in [6.45, 7) is 1.45. The van der Waals surface area contributed by atoms with E-state index < -0.39 is 11.8 Å². The maximum absolute atomic E-state index is 12.5. The molecule has 0 bridgehead atoms. The predicted molar refractivity (Wildman–Crippen MR) is 81.0 cm³/mol. The van der Waals surface area contributed by atoms with Crippen LogP contribution >= 0.6 is 0 Å². The van der Waals surface area contributed by atoms with Gasteiger partial charge in [0.05, 0.1) is 0 Å². The number of rotatable bonds is 3. The second-order valence-corrected chi connectivity index (χ2v) is 5.80. The van der Waals surface area contributed by atoms with Gasteiger partial charge in [-0.25, -0.2) is 0 Å². The molecular formula is C16H19N3O3. The number of hydrogen-bond acceptors (Lipinski definition) is 3. The van der Waals surface area contributed by atoms with E-state index in [2.05, 4.69) is 0 Å². The van der Waals surface area contributed by atoms with Crippen LogP contribution in [0.25, 0.3) is 0 Å². The topological polar surface area (TPSA) is 83.7 Å². The van der Waals surface area contributed by atoms with Crippen molar-refractivity contribution in [1.29, 1.82) is 0 Å². The van der Waals surface area contributed by atoms with E-state index in [1.165, 1.54) is 4.90 Å². The summed E-state index contributed by atoms with van der Waals surface area (Å²) >= 11 is 0. The normalized spacial score (nSPS) is 20.9. The summed E-state index contributed by atoms with van der Waals surface area (Å²) in [6.07, 6.45) is 2.30. The first-order chi connectivity index (χ1) is 10.6. The number of hydrogen-bond donors (Lipinski definition) is 1. The first-order valence-corrected chi connectivity index (χ1v) is 7.54. The Morgan fingerprint density at radius 1 is 1.18 bits per heavy atom. The average Bonchev–Trinajstić information content (AvgIpc) is 3.04. The van der Waals surface area contributed by atoms with Gasteiger partial charge < -0.3 is 15.5 Å². The molecular weight excluding hydrogens is 282 g/mol. The first kappa shape index (κ1) is 14.6. The van der Waals surface area contributed by atoms with Crippen molar-refractivity contribution in [3.63, 3.8) is 0 Å². The monoisotopic (exact) mass is 301 g/mol. The summed E-state index contributed by atoms with van der Waals surface area (Å²) in [7, 11) is 0. The zero-order chi connectivity index (χ0) is 15.7. The lowest BCUT2D eigenvalue weighted by Gasteiger charge is -2.33. The fraction of sp³-hybridized carbons (Fsp3) is 0.438. The zero-order valence-electron chi connectivity index (χ0n) is 12.3. The molecule has 116 valence electrons. The highest BCUT2D eigenvalue weighted by atomic mass is 16.2. The molecule has 22 heavy (non-hydrogen) atoms. The maximum atomic E-state index is 12.5. The van der Waals surface area contributed by atoms with E-state index in [9.17, 15) is 14.4 Å². The Balaban J connectivity index is 1.88. The lowest BCUT2D eigenvalue weighted by molar-refractivity contribution is -0.135. The molecule has 2 N–H and O–H groups in total. The van der Waals surface area contributed by atoms with E-state index in [0.717, 1.165) is 31.5 Å². The Morgan fingerprint density at radius 3 is 2.55 bits per heavy atom. The first-order valence-electron chi connectivity index (χ1n) is 7.54. The van der Waals surface area contributed by atoms with Crippen LogP contribution in [-0.2, 0) is 20.8 Å². The van der Waals surface area contributed by atoms with Crippen molar-refractivity contribution in [1.82, 2.24) is 4.90 Å². The van der Waals surface area contributed by atoms with Gasteiger partial charge in [-0.05, 0) is 30.9 Å². The number of carbonyl (C=O) groups excluding carboxylic acids is 3. The molecule has 1 aromatic carbocycles. The number of benzene rings is 1. The molecule has 3 amide bonds. The van der Waals surface area contributed by atoms with E-state index in [1.807, 2.05) is 24.3 Å². The van der Waals surface area contributed by atoms with Gasteiger partial charge >= 0.3 is 0 Å². The lowest BCUT2D eigenvalue weighted by Crippen LogP contribution is -2.50. The van der Waals surface area contributed by atoms with Crippen molar-refractivity contribution in [2.45, 2.75) is 19.3 Å². The van der Waals surface area contributed by atoms with Gasteiger partial charge in [0.2, 0.25) is 17.7 Å². The lowest BCUT2D eigenvalue weighted by atomic mass is 9.91. The van der Waals surface area contributed by atoms with Crippen molar-refractivity contribution in [3.8, 4) is 0 Å². The van der Waals surface area contributed by atoms with Gasteiger partial charge in [0.1, 0.15) is 12.5 Å². The molecule has 3 rings (SSSR count). The molecule has 1 unspecified atom stereocenters. The maximum Gasteiger partial charge on any atom is 0.242 e. The molecule has 0 spiro atoms. The van der Waals surface area contributed by atoms with Crippen LogP contribution in [0.1, 0.15) is 18.4 Å². The minimum absolute atomic E-state index is 0.0281. The number of nitrogens with two attached hydrogens (primary N) is 1. The van der Waals surface area contributed by atoms with Gasteiger partial charge in [-0.2, -0.15) is 0 Å². The fourth-order valence-electron chi connectivity index (χ4n) is 3.15. The number of amides is 3. The van der Waals surface area contributed by atoms with Crippen LogP contribution in [0.4, 0.5) is 5.69 Å². The molecule has 2 heterocycles. The number of para-hydroxylation sites is 1. The molecule has 6 nitrogen and oxygen atoms in total. The van der Waals surface area contributed by atoms with Crippen LogP contribution in [-0.4, -0.2) is 42.3 Å². The number of fused-ring (bicyclic) bond motifs is 1. The number of carbonyl (C=O) groups is 3. The average molecular weight is 301 g/mol. The summed E-state index contributed by atoms with van der Waals surface area (Å²) in [4.78, 5) is 39.6. The van der Waals surface area contributed by atoms with Crippen LogP contribution < -0.4 is 10.6 Å². The van der Waals surface area contributed by atoms with Crippen molar-refractivity contribution < 1.29 is 14.4 Å². The van der Waals surface area contributed by atoms with E-state index in [4.69, 9.17) is 5.73 Å². The summed E-state index contributed by atoms with van der Waals surface area (Å²) in [5.41, 5.74) is 6.93. The third-order valence-corrected chi connectivity index (χ3v) is 4.37. The minimum atomic E-state index is -0.888. The SMILES string of the molecule is NC(=O)C1Cc2ccccc2N(CC(=O)N2CCCC2)C1=O. The molecule has 0 aliphatic carbocycles. The molecule has 0 radical (unpaired) electrons. The van der Waals surface area contributed by atoms with Gasteiger partial charge in [0.15, 0.2) is 0 Å². The van der Waals surface area contributed by atoms with Crippen molar-refractivity contribution in [3.05, 3.63) is 29.8 Å². The number of primary amides is 1. The highest BCUT2D eigenvalue weighted by Crippen LogP contribution is 2.30. The summed E-state index contributed by atoms with van der Waals surface area (Å²) in [6, 6.07) is 7.35. The number of likely N-dealkylation sites (tertiary alicyclic amines) is 1. The van der Waals surface area contributed by atoms with Crippen LogP contribution in [0.15, 0.2) is 24.3 Å². The van der Waals surface area contributed by atoms with Crippen LogP contribution in [0.5, 0.6) is 0 Å². The molecule has 1 saturated heterocycles. The fourth-order valence-corrected chi connectivity index (χ4v) is 3.15. The third kappa shape index (κ3) is 2.56. The Kier molecular flexibility index (Phi) is 3.83. The Bertz CT molecular complexity index is 623. The van der Waals surface area contributed by atoms with Crippen molar-refractivity contribution >= 4 is 23.4 Å². The van der Waals surface area contributed by atoms with Crippen molar-refractivity contribution in [2.24, 2.45) is 11.7 Å². The summed E-state index contributed by atoms with van der Waals surface area (Å²) in [5, 5.41) is 0. The Hall–Kier alpha value is -2.37. The minimum Gasteiger partial charge on any atom is -0.369 e.